The van der Waals surface area contributed by atoms with Crippen LogP contribution in [0.15, 0.2) is 47.5 Å². The van der Waals surface area contributed by atoms with E-state index in [0.717, 1.165) is 74.7 Å². The van der Waals surface area contributed by atoms with Gasteiger partial charge in [0.25, 0.3) is 11.5 Å². The number of nitrogens with two attached hydrogens (primary N) is 1. The summed E-state index contributed by atoms with van der Waals surface area (Å²) in [5.74, 6) is 0.770. The van der Waals surface area contributed by atoms with Crippen LogP contribution in [0.5, 0.6) is 0 Å². The van der Waals surface area contributed by atoms with E-state index in [0.29, 0.717) is 41.5 Å². The SMILES string of the molecule is Cc1c(-c2cn(C)c(=O)c(Nc3ccc(N4CCN(C5COC5)C[C@@H]4C)c(N)c3)n2)ccnc1N1CCn2c(cc3c2CC(C)(C)C3)C1=O. The largest absolute Gasteiger partial charge is 0.397 e. The molecule has 2 saturated heterocycles. The summed E-state index contributed by atoms with van der Waals surface area (Å²) >= 11 is 0. The quantitative estimate of drug-likeness (QED) is 0.295. The highest BCUT2D eigenvalue weighted by molar-refractivity contribution is 6.06. The summed E-state index contributed by atoms with van der Waals surface area (Å²) in [6.07, 6.45) is 5.41. The second-order valence-corrected chi connectivity index (χ2v) is 15.0. The van der Waals surface area contributed by atoms with Crippen LogP contribution in [0.4, 0.5) is 28.7 Å². The van der Waals surface area contributed by atoms with Gasteiger partial charge in [-0.25, -0.2) is 9.97 Å². The fraction of sp³-hybridized carbons (Fsp3) is 0.459. The Bertz CT molecular complexity index is 2030. The number of pyridine rings is 1. The first-order valence-electron chi connectivity index (χ1n) is 17.3. The van der Waals surface area contributed by atoms with E-state index < -0.39 is 0 Å². The van der Waals surface area contributed by atoms with Crippen molar-refractivity contribution in [1.82, 2.24) is 24.0 Å². The van der Waals surface area contributed by atoms with E-state index in [1.165, 1.54) is 15.8 Å². The predicted molar refractivity (Wildman–Crippen MR) is 192 cm³/mol. The maximum Gasteiger partial charge on any atom is 0.293 e. The molecule has 4 aromatic rings. The van der Waals surface area contributed by atoms with Crippen molar-refractivity contribution in [2.24, 2.45) is 12.5 Å². The van der Waals surface area contributed by atoms with Gasteiger partial charge < -0.3 is 29.8 Å². The number of nitrogens with zero attached hydrogens (tertiary/aromatic N) is 7. The van der Waals surface area contributed by atoms with E-state index in [9.17, 15) is 9.59 Å². The highest BCUT2D eigenvalue weighted by Gasteiger charge is 2.37. The molecule has 49 heavy (non-hydrogen) atoms. The number of nitrogens with one attached hydrogen (secondary N) is 1. The van der Waals surface area contributed by atoms with Gasteiger partial charge in [0.05, 0.1) is 36.3 Å². The van der Waals surface area contributed by atoms with Gasteiger partial charge in [0, 0.05) is 80.7 Å². The smallest absolute Gasteiger partial charge is 0.293 e. The van der Waals surface area contributed by atoms with Gasteiger partial charge in [0.2, 0.25) is 0 Å². The molecule has 1 atom stereocenters. The molecule has 8 rings (SSSR count). The molecule has 4 aliphatic rings. The van der Waals surface area contributed by atoms with Gasteiger partial charge in [0.1, 0.15) is 11.5 Å². The first kappa shape index (κ1) is 31.6. The number of rotatable bonds is 6. The van der Waals surface area contributed by atoms with Crippen molar-refractivity contribution in [3.05, 3.63) is 75.6 Å². The number of nitrogen functional groups attached to an aromatic ring is 1. The van der Waals surface area contributed by atoms with E-state index in [2.05, 4.69) is 51.5 Å². The van der Waals surface area contributed by atoms with Crippen LogP contribution in [0.3, 0.4) is 0 Å². The third-order valence-corrected chi connectivity index (χ3v) is 10.8. The van der Waals surface area contributed by atoms with Crippen molar-refractivity contribution >= 4 is 34.6 Å². The Balaban J connectivity index is 1.03. The molecule has 12 heteroatoms. The van der Waals surface area contributed by atoms with Crippen LogP contribution in [0.25, 0.3) is 11.3 Å². The molecule has 0 saturated carbocycles. The zero-order valence-corrected chi connectivity index (χ0v) is 29.0. The van der Waals surface area contributed by atoms with Crippen LogP contribution in [-0.2, 0) is 31.2 Å². The molecule has 0 spiro atoms. The van der Waals surface area contributed by atoms with Gasteiger partial charge in [-0.2, -0.15) is 0 Å². The molecule has 3 aliphatic heterocycles. The number of hydrogen-bond donors (Lipinski definition) is 2. The zero-order valence-electron chi connectivity index (χ0n) is 29.0. The number of carbonyl (C=O) groups excluding carboxylic acids is 1. The van der Waals surface area contributed by atoms with Crippen molar-refractivity contribution in [2.75, 3.05) is 60.2 Å². The number of anilines is 5. The Hall–Kier alpha value is -4.68. The molecule has 256 valence electrons. The topological polar surface area (TPSA) is 127 Å². The van der Waals surface area contributed by atoms with Gasteiger partial charge in [0.15, 0.2) is 5.82 Å². The fourth-order valence-corrected chi connectivity index (χ4v) is 8.14. The van der Waals surface area contributed by atoms with E-state index in [1.54, 1.807) is 24.3 Å². The van der Waals surface area contributed by atoms with Crippen molar-refractivity contribution in [1.29, 1.82) is 0 Å². The molecule has 1 amide bonds. The molecule has 0 bridgehead atoms. The van der Waals surface area contributed by atoms with E-state index in [-0.39, 0.29) is 22.7 Å². The lowest BCUT2D eigenvalue weighted by Gasteiger charge is -2.46. The number of amides is 1. The van der Waals surface area contributed by atoms with Crippen molar-refractivity contribution < 1.29 is 9.53 Å². The molecule has 0 radical (unpaired) electrons. The van der Waals surface area contributed by atoms with E-state index in [1.807, 2.05) is 31.2 Å². The summed E-state index contributed by atoms with van der Waals surface area (Å²) in [7, 11) is 1.72. The van der Waals surface area contributed by atoms with Gasteiger partial charge in [-0.3, -0.25) is 19.4 Å². The first-order valence-corrected chi connectivity index (χ1v) is 17.3. The molecular weight excluding hydrogens is 618 g/mol. The van der Waals surface area contributed by atoms with Crippen LogP contribution >= 0.6 is 0 Å². The summed E-state index contributed by atoms with van der Waals surface area (Å²) in [5.41, 5.74) is 14.5. The average Bonchev–Trinajstić information content (AvgIpc) is 3.52. The molecule has 1 aromatic carbocycles. The lowest BCUT2D eigenvalue weighted by molar-refractivity contribution is -0.0691. The minimum Gasteiger partial charge on any atom is -0.397 e. The Morgan fingerprint density at radius 3 is 2.59 bits per heavy atom. The zero-order chi connectivity index (χ0) is 34.2. The summed E-state index contributed by atoms with van der Waals surface area (Å²) in [6.45, 7) is 14.5. The molecule has 3 aromatic heterocycles. The minimum atomic E-state index is -0.258. The molecule has 6 heterocycles. The minimum absolute atomic E-state index is 0.0349. The van der Waals surface area contributed by atoms with Crippen molar-refractivity contribution in [3.63, 3.8) is 0 Å². The Labute approximate surface area is 286 Å². The van der Waals surface area contributed by atoms with Crippen LogP contribution < -0.4 is 26.4 Å². The number of aromatic nitrogens is 4. The summed E-state index contributed by atoms with van der Waals surface area (Å²) in [6, 6.07) is 10.6. The standard InChI is InChI=1S/C37H45N9O3/c1-22-18-43(26-20-49-21-26)10-11-44(22)30-7-6-25(15-28(30)38)40-33-36(48)42(5)19-29(41-33)27-8-9-39-34(23(27)2)46-13-12-45-31(35(46)47)14-24-16-37(3,4)17-32(24)45/h6-9,14-15,19,22,26H,10-13,16-18,20-21,38H2,1-5H3,(H,40,41)/t22-/m0/s1. The first-order chi connectivity index (χ1) is 23.5. The highest BCUT2D eigenvalue weighted by Crippen LogP contribution is 2.40. The van der Waals surface area contributed by atoms with Crippen LogP contribution in [0, 0.1) is 12.3 Å². The normalized spacial score (nSPS) is 20.7. The number of fused-ring (bicyclic) bond motifs is 3. The predicted octanol–water partition coefficient (Wildman–Crippen LogP) is 3.97. The Morgan fingerprint density at radius 2 is 1.86 bits per heavy atom. The van der Waals surface area contributed by atoms with Gasteiger partial charge >= 0.3 is 0 Å². The third-order valence-electron chi connectivity index (χ3n) is 10.8. The van der Waals surface area contributed by atoms with E-state index in [4.69, 9.17) is 15.5 Å². The van der Waals surface area contributed by atoms with Crippen molar-refractivity contribution in [3.8, 4) is 11.3 Å². The molecule has 1 aliphatic carbocycles. The average molecular weight is 664 g/mol. The van der Waals surface area contributed by atoms with Crippen LogP contribution in [0.2, 0.25) is 0 Å². The summed E-state index contributed by atoms with van der Waals surface area (Å²) in [5, 5.41) is 3.23. The monoisotopic (exact) mass is 663 g/mol. The lowest BCUT2D eigenvalue weighted by Crippen LogP contribution is -2.59. The Morgan fingerprint density at radius 1 is 1.04 bits per heavy atom. The summed E-state index contributed by atoms with van der Waals surface area (Å²) in [4.78, 5) is 43.2. The number of piperazine rings is 1. The van der Waals surface area contributed by atoms with Gasteiger partial charge in [-0.1, -0.05) is 13.8 Å². The fourth-order valence-electron chi connectivity index (χ4n) is 8.14. The Kier molecular flexibility index (Phi) is 7.56. The number of aryl methyl sites for hydroxylation is 1. The van der Waals surface area contributed by atoms with Crippen molar-refractivity contribution in [2.45, 2.75) is 59.2 Å². The van der Waals surface area contributed by atoms with Crippen LogP contribution in [0.1, 0.15) is 48.1 Å². The van der Waals surface area contributed by atoms with Gasteiger partial charge in [-0.15, -0.1) is 0 Å². The number of hydrogen-bond acceptors (Lipinski definition) is 9. The summed E-state index contributed by atoms with van der Waals surface area (Å²) < 4.78 is 9.13. The van der Waals surface area contributed by atoms with E-state index >= 15 is 0 Å². The van der Waals surface area contributed by atoms with Crippen LogP contribution in [-0.4, -0.2) is 81.4 Å². The lowest BCUT2D eigenvalue weighted by atomic mass is 9.90. The number of carbonyl (C=O) groups is 1. The second kappa shape index (κ2) is 11.7. The molecule has 2 fully saturated rings. The highest BCUT2D eigenvalue weighted by atomic mass is 16.5. The number of benzene rings is 1. The molecule has 3 N–H and O–H groups in total. The maximum absolute atomic E-state index is 13.8. The third kappa shape index (κ3) is 5.47. The maximum atomic E-state index is 13.8. The second-order valence-electron chi connectivity index (χ2n) is 15.0. The van der Waals surface area contributed by atoms with Gasteiger partial charge in [-0.05, 0) is 68.0 Å². The molecule has 0 unspecified atom stereocenters. The molecular formula is C37H45N9O3. The number of ether oxygens (including phenoxy) is 1. The molecule has 12 nitrogen and oxygen atoms in total.